The van der Waals surface area contributed by atoms with Crippen LogP contribution in [0.15, 0.2) is 48.7 Å². The van der Waals surface area contributed by atoms with Crippen LogP contribution in [0.1, 0.15) is 11.1 Å². The fourth-order valence-electron chi connectivity index (χ4n) is 1.61. The van der Waals surface area contributed by atoms with Gasteiger partial charge in [-0.1, -0.05) is 23.7 Å². The summed E-state index contributed by atoms with van der Waals surface area (Å²) in [4.78, 5) is 9.72. The van der Waals surface area contributed by atoms with Crippen molar-refractivity contribution in [3.63, 3.8) is 0 Å². The van der Waals surface area contributed by atoms with E-state index in [1.165, 1.54) is 6.08 Å². The molecule has 0 atom stereocenters. The van der Waals surface area contributed by atoms with E-state index in [9.17, 15) is 10.1 Å². The Morgan fingerprint density at radius 1 is 1.15 bits per heavy atom. The summed E-state index contributed by atoms with van der Waals surface area (Å²) in [7, 11) is 0. The van der Waals surface area contributed by atoms with Crippen LogP contribution >= 0.6 is 11.6 Å². The molecule has 0 aliphatic carbocycles. The zero-order valence-electron chi connectivity index (χ0n) is 10.7. The second-order valence-electron chi connectivity index (χ2n) is 4.18. The average Bonchev–Trinajstić information content (AvgIpc) is 2.42. The highest BCUT2D eigenvalue weighted by Crippen LogP contribution is 2.26. The van der Waals surface area contributed by atoms with E-state index in [2.05, 4.69) is 0 Å². The van der Waals surface area contributed by atoms with E-state index in [-0.39, 0.29) is 0 Å². The molecule has 0 aliphatic heterocycles. The van der Waals surface area contributed by atoms with E-state index in [1.54, 1.807) is 36.4 Å². The summed E-state index contributed by atoms with van der Waals surface area (Å²) in [6, 6.07) is 12.4. The molecule has 0 radical (unpaired) electrons. The number of hydrogen-bond acceptors (Lipinski definition) is 3. The van der Waals surface area contributed by atoms with E-state index >= 15 is 0 Å². The van der Waals surface area contributed by atoms with E-state index in [4.69, 9.17) is 16.3 Å². The van der Waals surface area contributed by atoms with Crippen molar-refractivity contribution in [1.82, 2.24) is 0 Å². The molecule has 0 heterocycles. The molecule has 0 saturated heterocycles. The lowest BCUT2D eigenvalue weighted by molar-refractivity contribution is -0.400. The first-order valence-electron chi connectivity index (χ1n) is 5.90. The molecule has 2 aromatic carbocycles. The zero-order chi connectivity index (χ0) is 14.5. The number of ether oxygens (including phenoxy) is 1. The van der Waals surface area contributed by atoms with Crippen molar-refractivity contribution >= 4 is 17.7 Å². The fourth-order valence-corrected chi connectivity index (χ4v) is 1.73. The van der Waals surface area contributed by atoms with Crippen molar-refractivity contribution in [2.45, 2.75) is 6.92 Å². The maximum Gasteiger partial charge on any atom is 0.235 e. The molecule has 0 amide bonds. The van der Waals surface area contributed by atoms with Crippen molar-refractivity contribution in [3.05, 3.63) is 74.9 Å². The highest BCUT2D eigenvalue weighted by molar-refractivity contribution is 6.31. The van der Waals surface area contributed by atoms with Gasteiger partial charge >= 0.3 is 0 Å². The summed E-state index contributed by atoms with van der Waals surface area (Å²) in [5.41, 5.74) is 1.68. The molecule has 5 heteroatoms. The summed E-state index contributed by atoms with van der Waals surface area (Å²) in [6.45, 7) is 1.90. The summed E-state index contributed by atoms with van der Waals surface area (Å²) >= 11 is 5.95. The van der Waals surface area contributed by atoms with Crippen LogP contribution in [0.25, 0.3) is 6.08 Å². The van der Waals surface area contributed by atoms with Crippen LogP contribution in [0.3, 0.4) is 0 Å². The van der Waals surface area contributed by atoms with Gasteiger partial charge < -0.3 is 4.74 Å². The van der Waals surface area contributed by atoms with Gasteiger partial charge in [-0.2, -0.15) is 0 Å². The molecule has 0 N–H and O–H groups in total. The summed E-state index contributed by atoms with van der Waals surface area (Å²) in [5.74, 6) is 1.35. The third-order valence-corrected chi connectivity index (χ3v) is 3.06. The summed E-state index contributed by atoms with van der Waals surface area (Å²) in [6.07, 6.45) is 2.33. The van der Waals surface area contributed by atoms with Crippen LogP contribution in [-0.4, -0.2) is 4.92 Å². The quantitative estimate of drug-likeness (QED) is 0.606. The minimum absolute atomic E-state index is 0.499. The summed E-state index contributed by atoms with van der Waals surface area (Å²) in [5, 5.41) is 10.9. The Balaban J connectivity index is 2.10. The molecule has 2 rings (SSSR count). The lowest BCUT2D eigenvalue weighted by Gasteiger charge is -2.07. The van der Waals surface area contributed by atoms with Crippen LogP contribution < -0.4 is 4.74 Å². The number of nitro groups is 1. The van der Waals surface area contributed by atoms with E-state index in [0.717, 1.165) is 17.3 Å². The van der Waals surface area contributed by atoms with Crippen molar-refractivity contribution in [2.24, 2.45) is 0 Å². The van der Waals surface area contributed by atoms with Crippen LogP contribution in [0.4, 0.5) is 0 Å². The zero-order valence-corrected chi connectivity index (χ0v) is 11.5. The first kappa shape index (κ1) is 14.1. The second kappa shape index (κ2) is 6.21. The normalized spacial score (nSPS) is 10.7. The highest BCUT2D eigenvalue weighted by atomic mass is 35.5. The number of nitrogens with zero attached hydrogens (tertiary/aromatic N) is 1. The molecule has 2 aromatic rings. The van der Waals surface area contributed by atoms with Crippen LogP contribution in [0.2, 0.25) is 5.02 Å². The fraction of sp³-hybridized carbons (Fsp3) is 0.0667. The Bertz CT molecular complexity index is 651. The Morgan fingerprint density at radius 2 is 1.80 bits per heavy atom. The van der Waals surface area contributed by atoms with Gasteiger partial charge in [0.1, 0.15) is 11.5 Å². The predicted octanol–water partition coefficient (Wildman–Crippen LogP) is 4.69. The van der Waals surface area contributed by atoms with Crippen LogP contribution in [-0.2, 0) is 0 Å². The number of rotatable bonds is 4. The Hall–Kier alpha value is -2.33. The molecular formula is C15H12ClNO3. The maximum atomic E-state index is 10.2. The van der Waals surface area contributed by atoms with Crippen LogP contribution in [0.5, 0.6) is 11.5 Å². The molecule has 0 unspecified atom stereocenters. The number of halogens is 1. The van der Waals surface area contributed by atoms with Crippen molar-refractivity contribution in [3.8, 4) is 11.5 Å². The number of hydrogen-bond donors (Lipinski definition) is 0. The van der Waals surface area contributed by atoms with Crippen molar-refractivity contribution in [2.75, 3.05) is 0 Å². The van der Waals surface area contributed by atoms with Crippen molar-refractivity contribution < 1.29 is 9.66 Å². The molecule has 0 spiro atoms. The number of benzene rings is 2. The van der Waals surface area contributed by atoms with Gasteiger partial charge in [-0.3, -0.25) is 10.1 Å². The van der Waals surface area contributed by atoms with Gasteiger partial charge in [0.05, 0.1) is 4.92 Å². The molecule has 0 saturated carbocycles. The second-order valence-corrected chi connectivity index (χ2v) is 4.59. The molecular weight excluding hydrogens is 278 g/mol. The third kappa shape index (κ3) is 3.83. The molecule has 102 valence electrons. The van der Waals surface area contributed by atoms with E-state index in [1.807, 2.05) is 13.0 Å². The molecule has 4 nitrogen and oxygen atoms in total. The van der Waals surface area contributed by atoms with Gasteiger partial charge in [0, 0.05) is 11.1 Å². The van der Waals surface area contributed by atoms with Gasteiger partial charge in [0.2, 0.25) is 6.20 Å². The first-order valence-corrected chi connectivity index (χ1v) is 6.28. The highest BCUT2D eigenvalue weighted by Gasteiger charge is 2.00. The van der Waals surface area contributed by atoms with Gasteiger partial charge in [0.15, 0.2) is 0 Å². The molecule has 0 bridgehead atoms. The molecule has 0 aliphatic rings. The Labute approximate surface area is 121 Å². The monoisotopic (exact) mass is 289 g/mol. The van der Waals surface area contributed by atoms with Gasteiger partial charge in [-0.15, -0.1) is 0 Å². The summed E-state index contributed by atoms with van der Waals surface area (Å²) < 4.78 is 5.68. The Morgan fingerprint density at radius 3 is 2.40 bits per heavy atom. The minimum atomic E-state index is -0.499. The average molecular weight is 290 g/mol. The van der Waals surface area contributed by atoms with Crippen LogP contribution in [0, 0.1) is 17.0 Å². The first-order chi connectivity index (χ1) is 9.54. The minimum Gasteiger partial charge on any atom is -0.457 e. The molecule has 0 aromatic heterocycles. The molecule has 20 heavy (non-hydrogen) atoms. The Kier molecular flexibility index (Phi) is 4.38. The lowest BCUT2D eigenvalue weighted by atomic mass is 10.2. The van der Waals surface area contributed by atoms with E-state index < -0.39 is 4.92 Å². The maximum absolute atomic E-state index is 10.2. The van der Waals surface area contributed by atoms with Gasteiger partial charge in [0.25, 0.3) is 0 Å². The van der Waals surface area contributed by atoms with Gasteiger partial charge in [-0.25, -0.2) is 0 Å². The number of aryl methyl sites for hydroxylation is 1. The van der Waals surface area contributed by atoms with Gasteiger partial charge in [-0.05, 0) is 48.4 Å². The SMILES string of the molecule is Cc1cc(Oc2ccc(/C=C/[N+](=O)[O-])cc2)ccc1Cl. The van der Waals surface area contributed by atoms with Crippen molar-refractivity contribution in [1.29, 1.82) is 0 Å². The third-order valence-electron chi connectivity index (χ3n) is 2.63. The predicted molar refractivity (Wildman–Crippen MR) is 78.7 cm³/mol. The lowest BCUT2D eigenvalue weighted by Crippen LogP contribution is -1.86. The largest absolute Gasteiger partial charge is 0.457 e. The molecule has 0 fully saturated rings. The van der Waals surface area contributed by atoms with E-state index in [0.29, 0.717) is 16.5 Å². The standard InChI is InChI=1S/C15H12ClNO3/c1-11-10-14(6-7-15(11)16)20-13-4-2-12(3-5-13)8-9-17(18)19/h2-10H,1H3/b9-8+. The smallest absolute Gasteiger partial charge is 0.235 e. The topological polar surface area (TPSA) is 52.4 Å².